The number of hydrogen-bond donors (Lipinski definition) is 0. The molecule has 0 N–H and O–H groups in total. The van der Waals surface area contributed by atoms with E-state index >= 15 is 0 Å². The first-order chi connectivity index (χ1) is 15.5. The van der Waals surface area contributed by atoms with E-state index < -0.39 is 5.97 Å². The standard InChI is InChI=1S/C25H29NO6/c1-3-30-25(29)13-11-22(27)19-8-12-23-21(16-19)26(24(28)17-32-23)14-4-5-15-31-20-9-6-18(2)7-10-20/h6-10,12,16H,3-5,11,13-15,17H2,1-2H3. The third kappa shape index (κ3) is 6.33. The number of ether oxygens (including phenoxy) is 3. The summed E-state index contributed by atoms with van der Waals surface area (Å²) in [7, 11) is 0. The van der Waals surface area contributed by atoms with Crippen LogP contribution in [0.3, 0.4) is 0 Å². The quantitative estimate of drug-likeness (QED) is 0.298. The number of anilines is 1. The van der Waals surface area contributed by atoms with E-state index in [0.29, 0.717) is 30.2 Å². The van der Waals surface area contributed by atoms with Crippen molar-refractivity contribution in [2.24, 2.45) is 0 Å². The number of esters is 1. The van der Waals surface area contributed by atoms with E-state index in [1.54, 1.807) is 30.0 Å². The van der Waals surface area contributed by atoms with Crippen molar-refractivity contribution in [3.63, 3.8) is 0 Å². The Morgan fingerprint density at radius 2 is 1.84 bits per heavy atom. The summed E-state index contributed by atoms with van der Waals surface area (Å²) in [5.74, 6) is 0.682. The van der Waals surface area contributed by atoms with Crippen molar-refractivity contribution in [3.8, 4) is 11.5 Å². The summed E-state index contributed by atoms with van der Waals surface area (Å²) in [4.78, 5) is 38.2. The van der Waals surface area contributed by atoms with Crippen LogP contribution in [-0.4, -0.2) is 44.0 Å². The molecule has 1 aliphatic heterocycles. The second-order valence-corrected chi connectivity index (χ2v) is 7.61. The average molecular weight is 440 g/mol. The van der Waals surface area contributed by atoms with E-state index in [1.807, 2.05) is 31.2 Å². The minimum absolute atomic E-state index is 0.0248. The smallest absolute Gasteiger partial charge is 0.306 e. The number of Topliss-reactive ketones (excluding diaryl/α,β-unsaturated/α-hetero) is 1. The molecule has 32 heavy (non-hydrogen) atoms. The Kier molecular flexibility index (Phi) is 8.25. The van der Waals surface area contributed by atoms with Crippen molar-refractivity contribution >= 4 is 23.3 Å². The molecule has 0 aliphatic carbocycles. The van der Waals surface area contributed by atoms with Crippen LogP contribution < -0.4 is 14.4 Å². The Morgan fingerprint density at radius 1 is 1.06 bits per heavy atom. The number of rotatable bonds is 11. The molecule has 1 aliphatic rings. The highest BCUT2D eigenvalue weighted by atomic mass is 16.5. The van der Waals surface area contributed by atoms with Gasteiger partial charge in [-0.2, -0.15) is 0 Å². The van der Waals surface area contributed by atoms with E-state index in [4.69, 9.17) is 14.2 Å². The maximum atomic E-state index is 12.5. The van der Waals surface area contributed by atoms with Gasteiger partial charge in [0, 0.05) is 18.5 Å². The summed E-state index contributed by atoms with van der Waals surface area (Å²) in [6, 6.07) is 12.9. The first-order valence-corrected chi connectivity index (χ1v) is 10.9. The van der Waals surface area contributed by atoms with Crippen LogP contribution in [0.15, 0.2) is 42.5 Å². The summed E-state index contributed by atoms with van der Waals surface area (Å²) < 4.78 is 16.1. The van der Waals surface area contributed by atoms with Gasteiger partial charge in [0.2, 0.25) is 0 Å². The monoisotopic (exact) mass is 439 g/mol. The first kappa shape index (κ1) is 23.3. The molecule has 3 rings (SSSR count). The van der Waals surface area contributed by atoms with E-state index in [-0.39, 0.29) is 37.7 Å². The molecular formula is C25H29NO6. The number of carbonyl (C=O) groups excluding carboxylic acids is 3. The highest BCUT2D eigenvalue weighted by Gasteiger charge is 2.26. The van der Waals surface area contributed by atoms with Gasteiger partial charge in [-0.3, -0.25) is 14.4 Å². The van der Waals surface area contributed by atoms with Gasteiger partial charge in [-0.05, 0) is 57.0 Å². The highest BCUT2D eigenvalue weighted by molar-refractivity contribution is 6.02. The zero-order chi connectivity index (χ0) is 22.9. The van der Waals surface area contributed by atoms with Crippen molar-refractivity contribution in [3.05, 3.63) is 53.6 Å². The minimum atomic E-state index is -0.396. The number of hydrogen-bond acceptors (Lipinski definition) is 6. The van der Waals surface area contributed by atoms with Crippen molar-refractivity contribution < 1.29 is 28.6 Å². The number of aryl methyl sites for hydroxylation is 1. The van der Waals surface area contributed by atoms with Crippen LogP contribution >= 0.6 is 0 Å². The third-order valence-corrected chi connectivity index (χ3v) is 5.15. The van der Waals surface area contributed by atoms with Gasteiger partial charge in [-0.25, -0.2) is 0 Å². The third-order valence-electron chi connectivity index (χ3n) is 5.15. The molecule has 170 valence electrons. The lowest BCUT2D eigenvalue weighted by atomic mass is 10.0. The van der Waals surface area contributed by atoms with Gasteiger partial charge in [0.05, 0.1) is 25.3 Å². The van der Waals surface area contributed by atoms with Crippen LogP contribution in [-0.2, 0) is 14.3 Å². The Balaban J connectivity index is 1.56. The van der Waals surface area contributed by atoms with Gasteiger partial charge in [-0.1, -0.05) is 17.7 Å². The molecule has 0 aromatic heterocycles. The lowest BCUT2D eigenvalue weighted by molar-refractivity contribution is -0.143. The summed E-state index contributed by atoms with van der Waals surface area (Å²) in [5.41, 5.74) is 2.21. The lowest BCUT2D eigenvalue weighted by Gasteiger charge is -2.29. The Labute approximate surface area is 188 Å². The zero-order valence-corrected chi connectivity index (χ0v) is 18.6. The van der Waals surface area contributed by atoms with Crippen LogP contribution in [0.1, 0.15) is 48.5 Å². The van der Waals surface area contributed by atoms with E-state index in [1.165, 1.54) is 5.56 Å². The summed E-state index contributed by atoms with van der Waals surface area (Å²) in [5, 5.41) is 0. The zero-order valence-electron chi connectivity index (χ0n) is 18.6. The number of benzene rings is 2. The number of nitrogens with zero attached hydrogens (tertiary/aromatic N) is 1. The fourth-order valence-electron chi connectivity index (χ4n) is 3.41. The van der Waals surface area contributed by atoms with Crippen molar-refractivity contribution in [1.82, 2.24) is 0 Å². The molecule has 7 nitrogen and oxygen atoms in total. The molecule has 2 aromatic carbocycles. The van der Waals surface area contributed by atoms with Gasteiger partial charge >= 0.3 is 5.97 Å². The number of unbranched alkanes of at least 4 members (excludes halogenated alkanes) is 1. The van der Waals surface area contributed by atoms with Crippen LogP contribution in [0.2, 0.25) is 0 Å². The molecule has 0 saturated carbocycles. The van der Waals surface area contributed by atoms with Crippen LogP contribution in [0.25, 0.3) is 0 Å². The van der Waals surface area contributed by atoms with Crippen LogP contribution in [0.4, 0.5) is 5.69 Å². The summed E-state index contributed by atoms with van der Waals surface area (Å²) in [6.07, 6.45) is 1.62. The minimum Gasteiger partial charge on any atom is -0.494 e. The largest absolute Gasteiger partial charge is 0.494 e. The molecule has 0 bridgehead atoms. The number of fused-ring (bicyclic) bond motifs is 1. The molecule has 2 aromatic rings. The van der Waals surface area contributed by atoms with Gasteiger partial charge in [-0.15, -0.1) is 0 Å². The maximum Gasteiger partial charge on any atom is 0.306 e. The fourth-order valence-corrected chi connectivity index (χ4v) is 3.41. The maximum absolute atomic E-state index is 12.5. The molecule has 0 atom stereocenters. The topological polar surface area (TPSA) is 82.1 Å². The average Bonchev–Trinajstić information content (AvgIpc) is 2.79. The van der Waals surface area contributed by atoms with Crippen molar-refractivity contribution in [1.29, 1.82) is 0 Å². The second-order valence-electron chi connectivity index (χ2n) is 7.61. The second kappa shape index (κ2) is 11.3. The number of amides is 1. The molecule has 7 heteroatoms. The Bertz CT molecular complexity index is 953. The van der Waals surface area contributed by atoms with Crippen LogP contribution in [0, 0.1) is 6.92 Å². The predicted molar refractivity (Wildman–Crippen MR) is 120 cm³/mol. The van der Waals surface area contributed by atoms with Crippen molar-refractivity contribution in [2.45, 2.75) is 39.5 Å². The SMILES string of the molecule is CCOC(=O)CCC(=O)c1ccc2c(c1)N(CCCCOc1ccc(C)cc1)C(=O)CO2. The van der Waals surface area contributed by atoms with E-state index in [2.05, 4.69) is 0 Å². The Hall–Kier alpha value is -3.35. The molecule has 0 unspecified atom stereocenters. The van der Waals surface area contributed by atoms with Gasteiger partial charge in [0.1, 0.15) is 11.5 Å². The van der Waals surface area contributed by atoms with Crippen LogP contribution in [0.5, 0.6) is 11.5 Å². The normalized spacial score (nSPS) is 12.7. The number of carbonyl (C=O) groups is 3. The van der Waals surface area contributed by atoms with Crippen molar-refractivity contribution in [2.75, 3.05) is 31.3 Å². The summed E-state index contributed by atoms with van der Waals surface area (Å²) in [6.45, 7) is 5.08. The highest BCUT2D eigenvalue weighted by Crippen LogP contribution is 2.33. The van der Waals surface area contributed by atoms with E-state index in [0.717, 1.165) is 18.6 Å². The molecular weight excluding hydrogens is 410 g/mol. The Morgan fingerprint density at radius 3 is 2.59 bits per heavy atom. The molecule has 0 radical (unpaired) electrons. The van der Waals surface area contributed by atoms with E-state index in [9.17, 15) is 14.4 Å². The summed E-state index contributed by atoms with van der Waals surface area (Å²) >= 11 is 0. The van der Waals surface area contributed by atoms with Gasteiger partial charge in [0.25, 0.3) is 5.91 Å². The number of ketones is 1. The molecule has 0 fully saturated rings. The first-order valence-electron chi connectivity index (χ1n) is 10.9. The van der Waals surface area contributed by atoms with Gasteiger partial charge in [0.15, 0.2) is 12.4 Å². The molecule has 1 amide bonds. The predicted octanol–water partition coefficient (Wildman–Crippen LogP) is 4.11. The molecule has 0 saturated heterocycles. The lowest BCUT2D eigenvalue weighted by Crippen LogP contribution is -2.39. The fraction of sp³-hybridized carbons (Fsp3) is 0.400. The molecule has 1 heterocycles. The molecule has 0 spiro atoms. The van der Waals surface area contributed by atoms with Gasteiger partial charge < -0.3 is 19.1 Å².